The predicted octanol–water partition coefficient (Wildman–Crippen LogP) is 5.02. The minimum Gasteiger partial charge on any atom is -0.486 e. The molecule has 0 saturated carbocycles. The van der Waals surface area contributed by atoms with Gasteiger partial charge in [0.2, 0.25) is 5.01 Å². The predicted molar refractivity (Wildman–Crippen MR) is 135 cm³/mol. The molecule has 0 aliphatic carbocycles. The maximum atomic E-state index is 12.6. The van der Waals surface area contributed by atoms with Crippen molar-refractivity contribution in [1.82, 2.24) is 15.5 Å². The number of anilines is 1. The zero-order valence-electron chi connectivity index (χ0n) is 18.8. The largest absolute Gasteiger partial charge is 0.486 e. The van der Waals surface area contributed by atoms with Gasteiger partial charge in [0.1, 0.15) is 12.4 Å². The van der Waals surface area contributed by atoms with Gasteiger partial charge in [-0.05, 0) is 73.2 Å². The van der Waals surface area contributed by atoms with E-state index in [1.807, 2.05) is 43.5 Å². The average Bonchev–Trinajstić information content (AvgIpc) is 3.49. The number of hydrogen-bond acceptors (Lipinski definition) is 7. The van der Waals surface area contributed by atoms with Gasteiger partial charge < -0.3 is 15.4 Å². The number of nitrogens with one attached hydrogen (secondary N) is 2. The van der Waals surface area contributed by atoms with Crippen LogP contribution in [0, 0.1) is 13.8 Å². The molecular formula is C25H24N4O3S2. The van der Waals surface area contributed by atoms with E-state index in [1.54, 1.807) is 35.6 Å². The van der Waals surface area contributed by atoms with Crippen molar-refractivity contribution >= 4 is 40.2 Å². The van der Waals surface area contributed by atoms with Crippen LogP contribution >= 0.6 is 22.7 Å². The molecule has 4 rings (SSSR count). The fourth-order valence-corrected chi connectivity index (χ4v) is 4.70. The second-order valence-electron chi connectivity index (χ2n) is 7.73. The lowest BCUT2D eigenvalue weighted by molar-refractivity contribution is 0.0952. The van der Waals surface area contributed by atoms with Crippen LogP contribution in [-0.4, -0.2) is 28.6 Å². The van der Waals surface area contributed by atoms with Gasteiger partial charge in [0, 0.05) is 22.7 Å². The SMILES string of the molecule is Cc1cc(C)cc(OCc2nnc(C(=O)Nc3cccc(C(=O)NCCc4cccs4)c3)s2)c1. The van der Waals surface area contributed by atoms with E-state index in [0.29, 0.717) is 22.8 Å². The second-order valence-corrected chi connectivity index (χ2v) is 9.83. The minimum atomic E-state index is -0.384. The number of aromatic nitrogens is 2. The zero-order valence-corrected chi connectivity index (χ0v) is 20.5. The van der Waals surface area contributed by atoms with Gasteiger partial charge in [-0.15, -0.1) is 21.5 Å². The van der Waals surface area contributed by atoms with E-state index in [0.717, 1.165) is 23.3 Å². The maximum absolute atomic E-state index is 12.6. The normalized spacial score (nSPS) is 10.6. The third kappa shape index (κ3) is 6.49. The van der Waals surface area contributed by atoms with Crippen LogP contribution < -0.4 is 15.4 Å². The quantitative estimate of drug-likeness (QED) is 0.342. The highest BCUT2D eigenvalue weighted by Gasteiger charge is 2.15. The summed E-state index contributed by atoms with van der Waals surface area (Å²) in [4.78, 5) is 26.3. The fourth-order valence-electron chi connectivity index (χ4n) is 3.34. The van der Waals surface area contributed by atoms with Crippen molar-refractivity contribution in [2.24, 2.45) is 0 Å². The lowest BCUT2D eigenvalue weighted by Crippen LogP contribution is -2.25. The summed E-state index contributed by atoms with van der Waals surface area (Å²) in [7, 11) is 0. The third-order valence-electron chi connectivity index (χ3n) is 4.84. The summed E-state index contributed by atoms with van der Waals surface area (Å²) in [6, 6.07) is 16.8. The standard InChI is InChI=1S/C25H24N4O3S2/c1-16-11-17(2)13-20(12-16)32-15-22-28-29-25(34-22)24(31)27-19-6-3-5-18(14-19)23(30)26-9-8-21-7-4-10-33-21/h3-7,10-14H,8-9,15H2,1-2H3,(H,26,30)(H,27,31). The molecule has 9 heteroatoms. The van der Waals surface area contributed by atoms with Crippen LogP contribution in [0.15, 0.2) is 60.0 Å². The Balaban J connectivity index is 1.31. The Hall–Kier alpha value is -3.56. The summed E-state index contributed by atoms with van der Waals surface area (Å²) in [5.74, 6) is 0.184. The van der Waals surface area contributed by atoms with Crippen molar-refractivity contribution in [2.45, 2.75) is 26.9 Å². The van der Waals surface area contributed by atoms with Gasteiger partial charge in [-0.1, -0.05) is 29.5 Å². The van der Waals surface area contributed by atoms with E-state index in [-0.39, 0.29) is 23.4 Å². The molecule has 4 aromatic rings. The molecule has 0 fully saturated rings. The molecule has 0 spiro atoms. The molecule has 174 valence electrons. The number of nitrogens with zero attached hydrogens (tertiary/aromatic N) is 2. The number of rotatable bonds is 9. The van der Waals surface area contributed by atoms with Crippen molar-refractivity contribution in [2.75, 3.05) is 11.9 Å². The number of hydrogen-bond donors (Lipinski definition) is 2. The summed E-state index contributed by atoms with van der Waals surface area (Å²) in [5.41, 5.74) is 3.22. The number of benzene rings is 2. The van der Waals surface area contributed by atoms with Crippen molar-refractivity contribution in [3.05, 3.63) is 91.6 Å². The number of ether oxygens (including phenoxy) is 1. The Bertz CT molecular complexity index is 1260. The molecule has 0 bridgehead atoms. The minimum absolute atomic E-state index is 0.186. The molecule has 0 atom stereocenters. The van der Waals surface area contributed by atoms with Gasteiger partial charge in [-0.3, -0.25) is 9.59 Å². The maximum Gasteiger partial charge on any atom is 0.286 e. The fraction of sp³-hybridized carbons (Fsp3) is 0.200. The zero-order chi connectivity index (χ0) is 23.9. The highest BCUT2D eigenvalue weighted by Crippen LogP contribution is 2.20. The number of aryl methyl sites for hydroxylation is 2. The lowest BCUT2D eigenvalue weighted by Gasteiger charge is -2.07. The molecule has 7 nitrogen and oxygen atoms in total. The van der Waals surface area contributed by atoms with Gasteiger partial charge >= 0.3 is 0 Å². The Morgan fingerprint density at radius 1 is 0.971 bits per heavy atom. The third-order valence-corrected chi connectivity index (χ3v) is 6.67. The van der Waals surface area contributed by atoms with Crippen LogP contribution in [0.2, 0.25) is 0 Å². The van der Waals surface area contributed by atoms with E-state index < -0.39 is 0 Å². The van der Waals surface area contributed by atoms with Gasteiger partial charge in [-0.25, -0.2) is 0 Å². The molecule has 2 N–H and O–H groups in total. The number of thiophene rings is 1. The van der Waals surface area contributed by atoms with Crippen LogP contribution in [0.4, 0.5) is 5.69 Å². The molecule has 0 aliphatic rings. The smallest absolute Gasteiger partial charge is 0.286 e. The number of carbonyl (C=O) groups is 2. The molecule has 0 radical (unpaired) electrons. The topological polar surface area (TPSA) is 93.2 Å². The van der Waals surface area contributed by atoms with E-state index in [4.69, 9.17) is 4.74 Å². The molecule has 34 heavy (non-hydrogen) atoms. The Morgan fingerprint density at radius 3 is 2.56 bits per heavy atom. The molecule has 2 aromatic heterocycles. The van der Waals surface area contributed by atoms with Gasteiger partial charge in [0.25, 0.3) is 11.8 Å². The first kappa shape index (κ1) is 23.6. The molecular weight excluding hydrogens is 468 g/mol. The van der Waals surface area contributed by atoms with Crippen molar-refractivity contribution in [3.8, 4) is 5.75 Å². The molecule has 2 aromatic carbocycles. The van der Waals surface area contributed by atoms with Crippen LogP contribution in [-0.2, 0) is 13.0 Å². The van der Waals surface area contributed by atoms with E-state index in [9.17, 15) is 9.59 Å². The molecule has 0 saturated heterocycles. The highest BCUT2D eigenvalue weighted by atomic mass is 32.1. The van der Waals surface area contributed by atoms with Crippen LogP contribution in [0.3, 0.4) is 0 Å². The molecule has 0 unspecified atom stereocenters. The lowest BCUT2D eigenvalue weighted by atomic mass is 10.1. The van der Waals surface area contributed by atoms with Crippen molar-refractivity contribution in [3.63, 3.8) is 0 Å². The van der Waals surface area contributed by atoms with Gasteiger partial charge in [0.15, 0.2) is 5.01 Å². The Labute approximate surface area is 205 Å². The summed E-state index contributed by atoms with van der Waals surface area (Å²) in [6.07, 6.45) is 0.784. The number of amides is 2. The Kier molecular flexibility index (Phi) is 7.66. The summed E-state index contributed by atoms with van der Waals surface area (Å²) in [5, 5.41) is 16.6. The van der Waals surface area contributed by atoms with Crippen LogP contribution in [0.1, 0.15) is 41.2 Å². The monoisotopic (exact) mass is 492 g/mol. The first-order valence-electron chi connectivity index (χ1n) is 10.7. The Morgan fingerprint density at radius 2 is 1.79 bits per heavy atom. The number of carbonyl (C=O) groups excluding carboxylic acids is 2. The summed E-state index contributed by atoms with van der Waals surface area (Å²) >= 11 is 2.84. The van der Waals surface area contributed by atoms with E-state index >= 15 is 0 Å². The van der Waals surface area contributed by atoms with Crippen LogP contribution in [0.25, 0.3) is 0 Å². The molecule has 2 heterocycles. The molecule has 0 aliphatic heterocycles. The van der Waals surface area contributed by atoms with Crippen LogP contribution in [0.5, 0.6) is 5.75 Å². The molecule has 2 amide bonds. The average molecular weight is 493 g/mol. The van der Waals surface area contributed by atoms with Crippen molar-refractivity contribution in [1.29, 1.82) is 0 Å². The first-order valence-corrected chi connectivity index (χ1v) is 12.4. The van der Waals surface area contributed by atoms with E-state index in [2.05, 4.69) is 26.9 Å². The van der Waals surface area contributed by atoms with Gasteiger partial charge in [0.05, 0.1) is 0 Å². The summed E-state index contributed by atoms with van der Waals surface area (Å²) < 4.78 is 5.80. The van der Waals surface area contributed by atoms with E-state index in [1.165, 1.54) is 16.2 Å². The van der Waals surface area contributed by atoms with Gasteiger partial charge in [-0.2, -0.15) is 0 Å². The second kappa shape index (κ2) is 11.0. The first-order chi connectivity index (χ1) is 16.5. The highest BCUT2D eigenvalue weighted by molar-refractivity contribution is 7.13. The van der Waals surface area contributed by atoms with Crippen molar-refractivity contribution < 1.29 is 14.3 Å². The summed E-state index contributed by atoms with van der Waals surface area (Å²) in [6.45, 7) is 4.80.